The third-order valence-corrected chi connectivity index (χ3v) is 6.47. The van der Waals surface area contributed by atoms with Gasteiger partial charge in [0.05, 0.1) is 17.9 Å². The molecule has 1 amide bonds. The Bertz CT molecular complexity index is 1180. The number of nitrogen functional groups attached to an aromatic ring is 1. The fourth-order valence-electron chi connectivity index (χ4n) is 4.61. The molecule has 2 aromatic carbocycles. The normalized spacial score (nSPS) is 18.3. The summed E-state index contributed by atoms with van der Waals surface area (Å²) < 4.78 is 19.1. The lowest BCUT2D eigenvalue weighted by Crippen LogP contribution is -2.37. The van der Waals surface area contributed by atoms with Gasteiger partial charge < -0.3 is 25.8 Å². The maximum atomic E-state index is 13.6. The number of carbonyl (C=O) groups excluding carboxylic acids is 1. The topological polar surface area (TPSA) is 115 Å². The van der Waals surface area contributed by atoms with Gasteiger partial charge in [-0.15, -0.1) is 0 Å². The average molecular weight is 451 g/mol. The summed E-state index contributed by atoms with van der Waals surface area (Å²) in [6.45, 7) is 2.38. The highest BCUT2D eigenvalue weighted by atomic mass is 19.1. The molecule has 0 radical (unpaired) electrons. The third kappa shape index (κ3) is 4.28. The van der Waals surface area contributed by atoms with Gasteiger partial charge in [0.15, 0.2) is 0 Å². The first-order valence-corrected chi connectivity index (χ1v) is 11.2. The molecule has 0 aliphatic carbocycles. The van der Waals surface area contributed by atoms with Crippen molar-refractivity contribution in [1.82, 2.24) is 15.0 Å². The zero-order chi connectivity index (χ0) is 22.9. The average Bonchev–Trinajstić information content (AvgIpc) is 3.43. The summed E-state index contributed by atoms with van der Waals surface area (Å²) in [5.74, 6) is 0.850. The Morgan fingerprint density at radius 1 is 1.09 bits per heavy atom. The molecule has 1 atom stereocenters. The quantitative estimate of drug-likeness (QED) is 0.587. The van der Waals surface area contributed by atoms with Gasteiger partial charge in [-0.05, 0) is 54.7 Å². The first-order valence-electron chi connectivity index (χ1n) is 11.2. The number of nitrogens with zero attached hydrogens (tertiary/aromatic N) is 4. The second-order valence-electron chi connectivity index (χ2n) is 8.60. The lowest BCUT2D eigenvalue weighted by Gasteiger charge is -2.19. The Balaban J connectivity index is 1.35. The Morgan fingerprint density at radius 3 is 2.61 bits per heavy atom. The van der Waals surface area contributed by atoms with Gasteiger partial charge in [0.25, 0.3) is 5.89 Å². The maximum Gasteiger partial charge on any atom is 0.258 e. The summed E-state index contributed by atoms with van der Waals surface area (Å²) in [4.78, 5) is 20.3. The molecule has 0 bridgehead atoms. The molecule has 5 rings (SSSR count). The minimum absolute atomic E-state index is 0.0228. The second-order valence-corrected chi connectivity index (χ2v) is 8.60. The maximum absolute atomic E-state index is 13.6. The molecule has 8 nitrogen and oxygen atoms in total. The Kier molecular flexibility index (Phi) is 5.72. The number of fused-ring (bicyclic) bond motifs is 1. The van der Waals surface area contributed by atoms with Gasteiger partial charge in [-0.1, -0.05) is 17.3 Å². The SMILES string of the molecule is NCC(=O)N1CCc2ccc(-c3noc(-c4ccc(N5CCC(F)C5)c(N)c4)n3)cc2CC1. The molecule has 0 spiro atoms. The largest absolute Gasteiger partial charge is 0.397 e. The molecular weight excluding hydrogens is 423 g/mol. The van der Waals surface area contributed by atoms with Crippen LogP contribution in [0.15, 0.2) is 40.9 Å². The fraction of sp³-hybridized carbons (Fsp3) is 0.375. The monoisotopic (exact) mass is 450 g/mol. The van der Waals surface area contributed by atoms with Gasteiger partial charge in [-0.3, -0.25) is 4.79 Å². The molecule has 2 aliphatic heterocycles. The van der Waals surface area contributed by atoms with Gasteiger partial charge in [0.2, 0.25) is 11.7 Å². The first-order chi connectivity index (χ1) is 16.0. The van der Waals surface area contributed by atoms with Crippen LogP contribution >= 0.6 is 0 Å². The lowest BCUT2D eigenvalue weighted by atomic mass is 10.00. The van der Waals surface area contributed by atoms with Gasteiger partial charge in [0, 0.05) is 37.3 Å². The van der Waals surface area contributed by atoms with Crippen LogP contribution in [0.3, 0.4) is 0 Å². The minimum Gasteiger partial charge on any atom is -0.397 e. The number of aromatic nitrogens is 2. The van der Waals surface area contributed by atoms with Crippen LogP contribution in [0, 0.1) is 0 Å². The van der Waals surface area contributed by atoms with E-state index in [2.05, 4.69) is 22.3 Å². The van der Waals surface area contributed by atoms with E-state index >= 15 is 0 Å². The number of amides is 1. The highest BCUT2D eigenvalue weighted by molar-refractivity contribution is 5.78. The van der Waals surface area contributed by atoms with Gasteiger partial charge in [-0.2, -0.15) is 4.98 Å². The third-order valence-electron chi connectivity index (χ3n) is 6.47. The van der Waals surface area contributed by atoms with Crippen LogP contribution in [0.5, 0.6) is 0 Å². The summed E-state index contributed by atoms with van der Waals surface area (Å²) in [5, 5.41) is 4.16. The highest BCUT2D eigenvalue weighted by Gasteiger charge is 2.24. The molecule has 1 saturated heterocycles. The zero-order valence-electron chi connectivity index (χ0n) is 18.3. The van der Waals surface area contributed by atoms with E-state index in [-0.39, 0.29) is 12.5 Å². The van der Waals surface area contributed by atoms with E-state index < -0.39 is 6.17 Å². The summed E-state index contributed by atoms with van der Waals surface area (Å²) in [6, 6.07) is 11.7. The first kappa shape index (κ1) is 21.4. The van der Waals surface area contributed by atoms with E-state index in [4.69, 9.17) is 16.0 Å². The van der Waals surface area contributed by atoms with Crippen molar-refractivity contribution in [3.8, 4) is 22.8 Å². The number of hydrogen-bond acceptors (Lipinski definition) is 7. The molecular formula is C24H27FN6O2. The van der Waals surface area contributed by atoms with Crippen molar-refractivity contribution < 1.29 is 13.7 Å². The Hall–Kier alpha value is -3.46. The predicted molar refractivity (Wildman–Crippen MR) is 124 cm³/mol. The number of rotatable bonds is 4. The van der Waals surface area contributed by atoms with Crippen LogP contribution in [0.1, 0.15) is 17.5 Å². The molecule has 9 heteroatoms. The summed E-state index contributed by atoms with van der Waals surface area (Å²) in [7, 11) is 0. The van der Waals surface area contributed by atoms with Crippen LogP contribution in [0.4, 0.5) is 15.8 Å². The van der Waals surface area contributed by atoms with Crippen molar-refractivity contribution >= 4 is 17.3 Å². The predicted octanol–water partition coefficient (Wildman–Crippen LogP) is 2.42. The Labute approximate surface area is 191 Å². The number of nitrogens with two attached hydrogens (primary N) is 2. The number of carbonyl (C=O) groups is 1. The van der Waals surface area contributed by atoms with Crippen molar-refractivity contribution in [3.05, 3.63) is 47.5 Å². The smallest absolute Gasteiger partial charge is 0.258 e. The molecule has 1 fully saturated rings. The molecule has 2 aliphatic rings. The van der Waals surface area contributed by atoms with E-state index in [1.54, 1.807) is 6.07 Å². The van der Waals surface area contributed by atoms with Crippen LogP contribution in [-0.2, 0) is 17.6 Å². The number of halogens is 1. The number of alkyl halides is 1. The van der Waals surface area contributed by atoms with Crippen molar-refractivity contribution in [2.75, 3.05) is 43.4 Å². The lowest BCUT2D eigenvalue weighted by molar-refractivity contribution is -0.129. The molecule has 33 heavy (non-hydrogen) atoms. The van der Waals surface area contributed by atoms with Crippen LogP contribution in [0.25, 0.3) is 22.8 Å². The van der Waals surface area contributed by atoms with Gasteiger partial charge >= 0.3 is 0 Å². The molecule has 3 heterocycles. The molecule has 0 saturated carbocycles. The van der Waals surface area contributed by atoms with E-state index in [1.807, 2.05) is 28.0 Å². The zero-order valence-corrected chi connectivity index (χ0v) is 18.3. The second kappa shape index (κ2) is 8.82. The van der Waals surface area contributed by atoms with E-state index in [1.165, 1.54) is 11.1 Å². The summed E-state index contributed by atoms with van der Waals surface area (Å²) in [6.07, 6.45) is 1.27. The number of benzene rings is 2. The summed E-state index contributed by atoms with van der Waals surface area (Å²) >= 11 is 0. The van der Waals surface area contributed by atoms with Crippen molar-refractivity contribution in [2.24, 2.45) is 5.73 Å². The number of hydrogen-bond donors (Lipinski definition) is 2. The molecule has 3 aromatic rings. The van der Waals surface area contributed by atoms with E-state index in [0.717, 1.165) is 29.7 Å². The van der Waals surface area contributed by atoms with Crippen LogP contribution < -0.4 is 16.4 Å². The van der Waals surface area contributed by atoms with Crippen molar-refractivity contribution in [3.63, 3.8) is 0 Å². The molecule has 1 aromatic heterocycles. The molecule has 1 unspecified atom stereocenters. The van der Waals surface area contributed by atoms with Crippen LogP contribution in [-0.4, -0.2) is 59.8 Å². The minimum atomic E-state index is -0.812. The van der Waals surface area contributed by atoms with Crippen molar-refractivity contribution in [1.29, 1.82) is 0 Å². The standard InChI is InChI=1S/C24H27FN6O2/c25-19-7-10-31(14-19)21-4-3-18(12-20(21)27)24-28-23(29-33-24)17-2-1-15-5-8-30(22(32)13-26)9-6-16(15)11-17/h1-4,11-12,19H,5-10,13-14,26-27H2. The fourth-order valence-corrected chi connectivity index (χ4v) is 4.61. The Morgan fingerprint density at radius 2 is 1.88 bits per heavy atom. The van der Waals surface area contributed by atoms with E-state index in [0.29, 0.717) is 50.0 Å². The van der Waals surface area contributed by atoms with Crippen LogP contribution in [0.2, 0.25) is 0 Å². The van der Waals surface area contributed by atoms with Crippen molar-refractivity contribution in [2.45, 2.75) is 25.4 Å². The molecule has 172 valence electrons. The summed E-state index contributed by atoms with van der Waals surface area (Å²) in [5.41, 5.74) is 17.1. The highest BCUT2D eigenvalue weighted by Crippen LogP contribution is 2.32. The number of anilines is 2. The molecule has 4 N–H and O–H groups in total. The van der Waals surface area contributed by atoms with Gasteiger partial charge in [-0.25, -0.2) is 4.39 Å². The van der Waals surface area contributed by atoms with Gasteiger partial charge in [0.1, 0.15) is 6.17 Å². The van der Waals surface area contributed by atoms with E-state index in [9.17, 15) is 9.18 Å².